The summed E-state index contributed by atoms with van der Waals surface area (Å²) in [6.07, 6.45) is 0.789. The molecule has 21 heavy (non-hydrogen) atoms. The van der Waals surface area contributed by atoms with Crippen molar-refractivity contribution < 1.29 is 9.18 Å². The van der Waals surface area contributed by atoms with Crippen molar-refractivity contribution in [2.75, 3.05) is 6.54 Å². The van der Waals surface area contributed by atoms with E-state index in [0.717, 1.165) is 12.0 Å². The Morgan fingerprint density at radius 1 is 1.29 bits per heavy atom. The van der Waals surface area contributed by atoms with Gasteiger partial charge in [0.25, 0.3) is 5.91 Å². The van der Waals surface area contributed by atoms with Gasteiger partial charge >= 0.3 is 0 Å². The number of nitrogens with two attached hydrogens (primary N) is 1. The van der Waals surface area contributed by atoms with Crippen LogP contribution in [0.2, 0.25) is 5.02 Å². The molecule has 1 aliphatic rings. The third-order valence-corrected chi connectivity index (χ3v) is 4.06. The fourth-order valence-electron chi connectivity index (χ4n) is 2.60. The highest BCUT2D eigenvalue weighted by molar-refractivity contribution is 6.31. The van der Waals surface area contributed by atoms with E-state index >= 15 is 0 Å². The normalized spacial score (nSPS) is 15.3. The Hall–Kier alpha value is -1.91. The largest absolute Gasteiger partial charge is 0.352 e. The van der Waals surface area contributed by atoms with Crippen LogP contribution in [-0.2, 0) is 6.42 Å². The molecular weight excluding hydrogens is 291 g/mol. The summed E-state index contributed by atoms with van der Waals surface area (Å²) in [4.78, 5) is 11.9. The molecule has 1 unspecified atom stereocenters. The summed E-state index contributed by atoms with van der Waals surface area (Å²) in [5, 5.41) is 3.07. The van der Waals surface area contributed by atoms with Crippen molar-refractivity contribution in [2.24, 2.45) is 5.73 Å². The maximum atomic E-state index is 14.0. The lowest BCUT2D eigenvalue weighted by molar-refractivity contribution is 0.0946. The van der Waals surface area contributed by atoms with Gasteiger partial charge in [0, 0.05) is 22.7 Å². The number of hydrogen-bond donors (Lipinski definition) is 2. The molecule has 2 aromatic carbocycles. The number of carbonyl (C=O) groups excluding carboxylic acids is 1. The highest BCUT2D eigenvalue weighted by Crippen LogP contribution is 2.30. The van der Waals surface area contributed by atoms with E-state index in [-0.39, 0.29) is 16.5 Å². The molecule has 3 nitrogen and oxygen atoms in total. The molecule has 5 heteroatoms. The lowest BCUT2D eigenvalue weighted by Crippen LogP contribution is -2.32. The Balaban J connectivity index is 2.05. The molecule has 0 saturated carbocycles. The third-order valence-electron chi connectivity index (χ3n) is 3.73. The van der Waals surface area contributed by atoms with Gasteiger partial charge in [-0.25, -0.2) is 4.39 Å². The van der Waals surface area contributed by atoms with Crippen LogP contribution in [-0.4, -0.2) is 12.5 Å². The molecule has 1 aliphatic heterocycles. The van der Waals surface area contributed by atoms with Crippen LogP contribution in [0.25, 0.3) is 0 Å². The molecule has 0 saturated heterocycles. The average molecular weight is 305 g/mol. The molecule has 0 aromatic heterocycles. The van der Waals surface area contributed by atoms with Crippen LogP contribution in [0.3, 0.4) is 0 Å². The minimum atomic E-state index is -0.710. The van der Waals surface area contributed by atoms with Gasteiger partial charge in [0.05, 0.1) is 6.04 Å². The topological polar surface area (TPSA) is 55.1 Å². The van der Waals surface area contributed by atoms with E-state index in [2.05, 4.69) is 5.32 Å². The van der Waals surface area contributed by atoms with Crippen LogP contribution in [0.5, 0.6) is 0 Å². The quantitative estimate of drug-likeness (QED) is 0.896. The van der Waals surface area contributed by atoms with E-state index in [4.69, 9.17) is 17.3 Å². The van der Waals surface area contributed by atoms with Crippen molar-refractivity contribution in [1.29, 1.82) is 0 Å². The minimum absolute atomic E-state index is 0.120. The van der Waals surface area contributed by atoms with Crippen LogP contribution < -0.4 is 11.1 Å². The molecule has 1 heterocycles. The second-order valence-corrected chi connectivity index (χ2v) is 5.44. The summed E-state index contributed by atoms with van der Waals surface area (Å²) in [6, 6.07) is 9.17. The molecule has 0 radical (unpaired) electrons. The lowest BCUT2D eigenvalue weighted by atomic mass is 9.92. The number of nitrogens with one attached hydrogen (secondary N) is 1. The second-order valence-electron chi connectivity index (χ2n) is 5.04. The number of amides is 1. The maximum absolute atomic E-state index is 14.0. The van der Waals surface area contributed by atoms with E-state index < -0.39 is 11.9 Å². The van der Waals surface area contributed by atoms with Gasteiger partial charge in [-0.15, -0.1) is 0 Å². The summed E-state index contributed by atoms with van der Waals surface area (Å²) in [5.41, 5.74) is 8.63. The van der Waals surface area contributed by atoms with Gasteiger partial charge in [-0.3, -0.25) is 4.79 Å². The van der Waals surface area contributed by atoms with Crippen molar-refractivity contribution in [3.8, 4) is 0 Å². The standard InChI is InChI=1S/C16H14ClFN2O/c17-12-2-1-3-13(18)14(12)15(19)10-5-4-9-6-7-20-16(21)11(9)8-10/h1-5,8,15H,6-7,19H2,(H,20,21). The Morgan fingerprint density at radius 3 is 2.86 bits per heavy atom. The molecule has 1 amide bonds. The van der Waals surface area contributed by atoms with E-state index in [1.807, 2.05) is 12.1 Å². The SMILES string of the molecule is NC(c1ccc2c(c1)C(=O)NCC2)c1c(F)cccc1Cl. The summed E-state index contributed by atoms with van der Waals surface area (Å²) >= 11 is 6.05. The van der Waals surface area contributed by atoms with Gasteiger partial charge in [0.15, 0.2) is 0 Å². The van der Waals surface area contributed by atoms with Gasteiger partial charge in [-0.1, -0.05) is 29.8 Å². The van der Waals surface area contributed by atoms with Crippen LogP contribution >= 0.6 is 11.6 Å². The third kappa shape index (κ3) is 2.52. The molecule has 0 bridgehead atoms. The molecule has 3 N–H and O–H groups in total. The van der Waals surface area contributed by atoms with Crippen molar-refractivity contribution in [3.05, 3.63) is 69.5 Å². The Morgan fingerprint density at radius 2 is 2.10 bits per heavy atom. The first-order valence-electron chi connectivity index (χ1n) is 6.68. The van der Waals surface area contributed by atoms with E-state index in [1.54, 1.807) is 12.1 Å². The van der Waals surface area contributed by atoms with E-state index in [9.17, 15) is 9.18 Å². The first kappa shape index (κ1) is 14.0. The predicted octanol–water partition coefficient (Wildman–Crippen LogP) is 2.81. The van der Waals surface area contributed by atoms with Crippen molar-refractivity contribution >= 4 is 17.5 Å². The molecule has 0 fully saturated rings. The summed E-state index contributed by atoms with van der Waals surface area (Å²) in [7, 11) is 0. The average Bonchev–Trinajstić information content (AvgIpc) is 2.47. The van der Waals surface area contributed by atoms with Crippen LogP contribution in [0, 0.1) is 5.82 Å². The number of rotatable bonds is 2. The first-order valence-corrected chi connectivity index (χ1v) is 7.06. The summed E-state index contributed by atoms with van der Waals surface area (Å²) in [6.45, 7) is 0.635. The summed E-state index contributed by atoms with van der Waals surface area (Å²) in [5.74, 6) is -0.567. The zero-order valence-corrected chi connectivity index (χ0v) is 12.0. The smallest absolute Gasteiger partial charge is 0.251 e. The lowest BCUT2D eigenvalue weighted by Gasteiger charge is -2.20. The Kier molecular flexibility index (Phi) is 3.66. The van der Waals surface area contributed by atoms with Gasteiger partial charge in [-0.2, -0.15) is 0 Å². The maximum Gasteiger partial charge on any atom is 0.251 e. The molecule has 0 spiro atoms. The van der Waals surface area contributed by atoms with Crippen molar-refractivity contribution in [2.45, 2.75) is 12.5 Å². The van der Waals surface area contributed by atoms with Gasteiger partial charge < -0.3 is 11.1 Å². The van der Waals surface area contributed by atoms with Crippen molar-refractivity contribution in [3.63, 3.8) is 0 Å². The Bertz CT molecular complexity index is 697. The fraction of sp³-hybridized carbons (Fsp3) is 0.188. The van der Waals surface area contributed by atoms with E-state index in [1.165, 1.54) is 12.1 Å². The molecule has 0 aliphatic carbocycles. The molecule has 108 valence electrons. The summed E-state index contributed by atoms with van der Waals surface area (Å²) < 4.78 is 14.0. The molecule has 2 aromatic rings. The zero-order valence-electron chi connectivity index (χ0n) is 11.2. The fourth-order valence-corrected chi connectivity index (χ4v) is 2.88. The minimum Gasteiger partial charge on any atom is -0.352 e. The monoisotopic (exact) mass is 304 g/mol. The van der Waals surface area contributed by atoms with E-state index in [0.29, 0.717) is 17.7 Å². The molecule has 1 atom stereocenters. The Labute approximate surface area is 126 Å². The van der Waals surface area contributed by atoms with Gasteiger partial charge in [-0.05, 0) is 35.7 Å². The first-order chi connectivity index (χ1) is 10.1. The molecule has 3 rings (SSSR count). The van der Waals surface area contributed by atoms with Gasteiger partial charge in [0.1, 0.15) is 5.82 Å². The second kappa shape index (κ2) is 5.47. The van der Waals surface area contributed by atoms with Crippen LogP contribution in [0.4, 0.5) is 4.39 Å². The number of halogens is 2. The predicted molar refractivity (Wildman–Crippen MR) is 79.9 cm³/mol. The highest BCUT2D eigenvalue weighted by Gasteiger charge is 2.21. The number of carbonyl (C=O) groups is 1. The number of fused-ring (bicyclic) bond motifs is 1. The van der Waals surface area contributed by atoms with Crippen LogP contribution in [0.15, 0.2) is 36.4 Å². The van der Waals surface area contributed by atoms with Gasteiger partial charge in [0.2, 0.25) is 0 Å². The molecular formula is C16H14ClFN2O. The zero-order chi connectivity index (χ0) is 15.0. The van der Waals surface area contributed by atoms with Crippen LogP contribution in [0.1, 0.15) is 33.1 Å². The highest BCUT2D eigenvalue weighted by atomic mass is 35.5. The number of benzene rings is 2. The number of hydrogen-bond acceptors (Lipinski definition) is 2. The van der Waals surface area contributed by atoms with Crippen molar-refractivity contribution in [1.82, 2.24) is 5.32 Å².